The van der Waals surface area contributed by atoms with Crippen LogP contribution in [0.25, 0.3) is 0 Å². The summed E-state index contributed by atoms with van der Waals surface area (Å²) < 4.78 is 5.03. The van der Waals surface area contributed by atoms with Gasteiger partial charge in [0, 0.05) is 6.92 Å². The minimum absolute atomic E-state index is 0.00714. The number of carbonyl (C=O) groups excluding carboxylic acids is 1. The summed E-state index contributed by atoms with van der Waals surface area (Å²) in [5, 5.41) is 0. The highest BCUT2D eigenvalue weighted by Crippen LogP contribution is 2.06. The number of carbonyl (C=O) groups is 1. The minimum Gasteiger partial charge on any atom is -0.463 e. The zero-order valence-corrected chi connectivity index (χ0v) is 8.69. The number of hydrogen-bond donors (Lipinski definition) is 0. The van der Waals surface area contributed by atoms with E-state index in [-0.39, 0.29) is 12.1 Å². The molecule has 0 aliphatic rings. The van der Waals surface area contributed by atoms with E-state index in [2.05, 4.69) is 12.1 Å². The molecule has 2 nitrogen and oxygen atoms in total. The lowest BCUT2D eigenvalue weighted by Crippen LogP contribution is -2.12. The summed E-state index contributed by atoms with van der Waals surface area (Å²) in [5.41, 5.74) is 1.28. The fourth-order valence-corrected chi connectivity index (χ4v) is 1.36. The summed E-state index contributed by atoms with van der Waals surface area (Å²) in [6, 6.07) is 10.2. The number of ether oxygens (including phenoxy) is 1. The highest BCUT2D eigenvalue weighted by molar-refractivity contribution is 5.66. The molecule has 0 radical (unpaired) electrons. The third-order valence-corrected chi connectivity index (χ3v) is 2.05. The minimum atomic E-state index is -0.203. The predicted molar refractivity (Wildman–Crippen MR) is 56.0 cm³/mol. The second-order valence-electron chi connectivity index (χ2n) is 3.44. The normalized spacial score (nSPS) is 12.1. The molecule has 0 heterocycles. The average Bonchev–Trinajstić information content (AvgIpc) is 2.15. The average molecular weight is 192 g/mol. The van der Waals surface area contributed by atoms with Crippen molar-refractivity contribution in [1.82, 2.24) is 0 Å². The lowest BCUT2D eigenvalue weighted by molar-refractivity contribution is -0.145. The lowest BCUT2D eigenvalue weighted by atomic mass is 10.1. The molecule has 14 heavy (non-hydrogen) atoms. The molecule has 1 rings (SSSR count). The lowest BCUT2D eigenvalue weighted by Gasteiger charge is -2.11. The molecular formula is C12H16O2. The molecule has 0 aromatic heterocycles. The van der Waals surface area contributed by atoms with Gasteiger partial charge in [0.15, 0.2) is 0 Å². The van der Waals surface area contributed by atoms with Gasteiger partial charge >= 0.3 is 5.97 Å². The van der Waals surface area contributed by atoms with E-state index >= 15 is 0 Å². The fraction of sp³-hybridized carbons (Fsp3) is 0.417. The summed E-state index contributed by atoms with van der Waals surface area (Å²) in [6.07, 6.45) is 1.84. The van der Waals surface area contributed by atoms with Crippen LogP contribution in [0.15, 0.2) is 30.3 Å². The van der Waals surface area contributed by atoms with Crippen molar-refractivity contribution in [1.29, 1.82) is 0 Å². The van der Waals surface area contributed by atoms with Gasteiger partial charge in [0.1, 0.15) is 0 Å². The first-order valence-corrected chi connectivity index (χ1v) is 4.89. The molecule has 0 unspecified atom stereocenters. The van der Waals surface area contributed by atoms with E-state index in [1.807, 2.05) is 25.1 Å². The Bertz CT molecular complexity index is 280. The van der Waals surface area contributed by atoms with Gasteiger partial charge in [-0.05, 0) is 25.3 Å². The second kappa shape index (κ2) is 5.43. The maximum atomic E-state index is 10.6. The molecular weight excluding hydrogens is 176 g/mol. The van der Waals surface area contributed by atoms with E-state index in [4.69, 9.17) is 4.74 Å². The van der Waals surface area contributed by atoms with E-state index in [1.54, 1.807) is 0 Å². The molecule has 1 atom stereocenters. The molecule has 0 saturated carbocycles. The molecule has 2 heteroatoms. The van der Waals surface area contributed by atoms with Crippen LogP contribution in [-0.2, 0) is 16.0 Å². The van der Waals surface area contributed by atoms with Gasteiger partial charge in [-0.3, -0.25) is 4.79 Å². The van der Waals surface area contributed by atoms with Gasteiger partial charge < -0.3 is 4.74 Å². The van der Waals surface area contributed by atoms with Gasteiger partial charge in [-0.1, -0.05) is 30.3 Å². The standard InChI is InChI=1S/C12H16O2/c1-10(14-11(2)13)8-9-12-6-4-3-5-7-12/h3-7,10H,8-9H2,1-2H3/t10-/m0/s1. The Morgan fingerprint density at radius 1 is 1.36 bits per heavy atom. The molecule has 0 aliphatic carbocycles. The van der Waals surface area contributed by atoms with Gasteiger partial charge in [0.25, 0.3) is 0 Å². The second-order valence-corrected chi connectivity index (χ2v) is 3.44. The van der Waals surface area contributed by atoms with Crippen LogP contribution in [0.2, 0.25) is 0 Å². The van der Waals surface area contributed by atoms with E-state index < -0.39 is 0 Å². The Hall–Kier alpha value is -1.31. The predicted octanol–water partition coefficient (Wildman–Crippen LogP) is 2.57. The first-order chi connectivity index (χ1) is 6.68. The Balaban J connectivity index is 2.30. The van der Waals surface area contributed by atoms with E-state index in [0.29, 0.717) is 0 Å². The smallest absolute Gasteiger partial charge is 0.302 e. The Morgan fingerprint density at radius 2 is 2.00 bits per heavy atom. The monoisotopic (exact) mass is 192 g/mol. The van der Waals surface area contributed by atoms with Crippen LogP contribution in [-0.4, -0.2) is 12.1 Å². The molecule has 76 valence electrons. The zero-order valence-electron chi connectivity index (χ0n) is 8.69. The number of hydrogen-bond acceptors (Lipinski definition) is 2. The highest BCUT2D eigenvalue weighted by atomic mass is 16.5. The Morgan fingerprint density at radius 3 is 2.57 bits per heavy atom. The number of benzene rings is 1. The van der Waals surface area contributed by atoms with Crippen LogP contribution in [0.3, 0.4) is 0 Å². The van der Waals surface area contributed by atoms with E-state index in [9.17, 15) is 4.79 Å². The topological polar surface area (TPSA) is 26.3 Å². The van der Waals surface area contributed by atoms with Crippen molar-refractivity contribution in [2.45, 2.75) is 32.8 Å². The molecule has 0 spiro atoms. The zero-order chi connectivity index (χ0) is 10.4. The summed E-state index contributed by atoms with van der Waals surface area (Å²) in [5.74, 6) is -0.203. The molecule has 1 aromatic rings. The van der Waals surface area contributed by atoms with Crippen LogP contribution >= 0.6 is 0 Å². The summed E-state index contributed by atoms with van der Waals surface area (Å²) in [6.45, 7) is 3.36. The van der Waals surface area contributed by atoms with Crippen molar-refractivity contribution in [2.75, 3.05) is 0 Å². The van der Waals surface area contributed by atoms with Crippen molar-refractivity contribution in [3.8, 4) is 0 Å². The number of esters is 1. The van der Waals surface area contributed by atoms with Gasteiger partial charge in [0.05, 0.1) is 6.10 Å². The molecule has 0 saturated heterocycles. The summed E-state index contributed by atoms with van der Waals surface area (Å²) in [7, 11) is 0. The SMILES string of the molecule is CC(=O)O[C@@H](C)CCc1ccccc1. The number of aryl methyl sites for hydroxylation is 1. The van der Waals surface area contributed by atoms with Gasteiger partial charge in [-0.2, -0.15) is 0 Å². The largest absolute Gasteiger partial charge is 0.463 e. The summed E-state index contributed by atoms with van der Waals surface area (Å²) >= 11 is 0. The maximum Gasteiger partial charge on any atom is 0.302 e. The van der Waals surface area contributed by atoms with Crippen molar-refractivity contribution >= 4 is 5.97 Å². The quantitative estimate of drug-likeness (QED) is 0.685. The van der Waals surface area contributed by atoms with Crippen LogP contribution in [0, 0.1) is 0 Å². The van der Waals surface area contributed by atoms with Gasteiger partial charge in [-0.25, -0.2) is 0 Å². The summed E-state index contributed by atoms with van der Waals surface area (Å²) in [4.78, 5) is 10.6. The number of rotatable bonds is 4. The van der Waals surface area contributed by atoms with Gasteiger partial charge in [-0.15, -0.1) is 0 Å². The van der Waals surface area contributed by atoms with E-state index in [1.165, 1.54) is 12.5 Å². The van der Waals surface area contributed by atoms with Crippen molar-refractivity contribution in [2.24, 2.45) is 0 Å². The molecule has 0 aliphatic heterocycles. The molecule has 0 N–H and O–H groups in total. The maximum absolute atomic E-state index is 10.6. The van der Waals surface area contributed by atoms with Crippen molar-refractivity contribution in [3.05, 3.63) is 35.9 Å². The third-order valence-electron chi connectivity index (χ3n) is 2.05. The molecule has 0 amide bonds. The Labute approximate surface area is 84.9 Å². The third kappa shape index (κ3) is 4.08. The molecule has 1 aromatic carbocycles. The Kier molecular flexibility index (Phi) is 4.17. The molecule has 0 bridgehead atoms. The first-order valence-electron chi connectivity index (χ1n) is 4.89. The van der Waals surface area contributed by atoms with Crippen LogP contribution < -0.4 is 0 Å². The van der Waals surface area contributed by atoms with Crippen molar-refractivity contribution < 1.29 is 9.53 Å². The van der Waals surface area contributed by atoms with Gasteiger partial charge in [0.2, 0.25) is 0 Å². The first kappa shape index (κ1) is 10.8. The fourth-order valence-electron chi connectivity index (χ4n) is 1.36. The van der Waals surface area contributed by atoms with Crippen LogP contribution in [0.4, 0.5) is 0 Å². The molecule has 0 fully saturated rings. The van der Waals surface area contributed by atoms with E-state index in [0.717, 1.165) is 12.8 Å². The van der Waals surface area contributed by atoms with Crippen LogP contribution in [0.1, 0.15) is 25.8 Å². The highest BCUT2D eigenvalue weighted by Gasteiger charge is 2.04. The van der Waals surface area contributed by atoms with Crippen LogP contribution in [0.5, 0.6) is 0 Å². The van der Waals surface area contributed by atoms with Crippen molar-refractivity contribution in [3.63, 3.8) is 0 Å².